The Morgan fingerprint density at radius 2 is 1.67 bits per heavy atom. The lowest BCUT2D eigenvalue weighted by molar-refractivity contribution is -0.127. The fourth-order valence-corrected chi connectivity index (χ4v) is 2.80. The second kappa shape index (κ2) is 8.31. The number of benzene rings is 2. The molecule has 1 unspecified atom stereocenters. The van der Waals surface area contributed by atoms with Crippen molar-refractivity contribution in [3.63, 3.8) is 0 Å². The van der Waals surface area contributed by atoms with E-state index in [1.54, 1.807) is 11.6 Å². The number of carbonyl (C=O) groups is 2. The largest absolute Gasteiger partial charge is 0.350 e. The zero-order valence-electron chi connectivity index (χ0n) is 15.3. The molecule has 0 saturated carbocycles. The maximum atomic E-state index is 12.2. The summed E-state index contributed by atoms with van der Waals surface area (Å²) in [5, 5.41) is 10.2. The van der Waals surface area contributed by atoms with Gasteiger partial charge in [-0.05, 0) is 19.1 Å². The van der Waals surface area contributed by atoms with Crippen LogP contribution in [0.25, 0.3) is 16.9 Å². The highest BCUT2D eigenvalue weighted by molar-refractivity contribution is 5.86. The summed E-state index contributed by atoms with van der Waals surface area (Å²) in [6.07, 6.45) is 1.92. The number of rotatable bonds is 6. The van der Waals surface area contributed by atoms with Crippen LogP contribution < -0.4 is 10.6 Å². The molecule has 0 saturated heterocycles. The van der Waals surface area contributed by atoms with Gasteiger partial charge in [0.1, 0.15) is 6.04 Å². The van der Waals surface area contributed by atoms with Crippen LogP contribution in [0.2, 0.25) is 0 Å². The second-order valence-corrected chi connectivity index (χ2v) is 6.29. The second-order valence-electron chi connectivity index (χ2n) is 6.29. The molecule has 2 amide bonds. The van der Waals surface area contributed by atoms with Crippen molar-refractivity contribution in [2.75, 3.05) is 0 Å². The van der Waals surface area contributed by atoms with Crippen LogP contribution >= 0.6 is 0 Å². The van der Waals surface area contributed by atoms with Crippen LogP contribution in [0.15, 0.2) is 66.9 Å². The third kappa shape index (κ3) is 4.61. The van der Waals surface area contributed by atoms with E-state index in [-0.39, 0.29) is 11.8 Å². The van der Waals surface area contributed by atoms with Gasteiger partial charge in [0.2, 0.25) is 11.8 Å². The number of amides is 2. The molecule has 6 nitrogen and oxygen atoms in total. The Hall–Kier alpha value is -3.41. The van der Waals surface area contributed by atoms with E-state index in [0.717, 1.165) is 22.5 Å². The number of nitrogens with one attached hydrogen (secondary N) is 2. The Labute approximate surface area is 158 Å². The first kappa shape index (κ1) is 18.4. The number of hydrogen-bond acceptors (Lipinski definition) is 3. The van der Waals surface area contributed by atoms with Crippen molar-refractivity contribution in [1.29, 1.82) is 0 Å². The normalized spacial score (nSPS) is 11.6. The van der Waals surface area contributed by atoms with Crippen molar-refractivity contribution in [3.05, 3.63) is 72.4 Å². The van der Waals surface area contributed by atoms with Gasteiger partial charge in [0.05, 0.1) is 11.4 Å². The van der Waals surface area contributed by atoms with Gasteiger partial charge in [0.25, 0.3) is 0 Å². The highest BCUT2D eigenvalue weighted by Crippen LogP contribution is 2.23. The average Bonchev–Trinajstić information content (AvgIpc) is 3.11. The van der Waals surface area contributed by atoms with E-state index in [1.165, 1.54) is 6.92 Å². The number of nitrogens with zero attached hydrogens (tertiary/aromatic N) is 2. The third-order valence-corrected chi connectivity index (χ3v) is 4.12. The molecule has 1 aromatic heterocycles. The van der Waals surface area contributed by atoms with E-state index in [0.29, 0.717) is 6.54 Å². The molecule has 138 valence electrons. The number of carbonyl (C=O) groups excluding carboxylic acids is 2. The lowest BCUT2D eigenvalue weighted by atomic mass is 10.1. The van der Waals surface area contributed by atoms with E-state index in [2.05, 4.69) is 10.6 Å². The Balaban J connectivity index is 1.86. The van der Waals surface area contributed by atoms with Crippen LogP contribution in [-0.4, -0.2) is 27.6 Å². The molecular formula is C21H22N4O2. The minimum absolute atomic E-state index is 0.237. The Morgan fingerprint density at radius 1 is 1.04 bits per heavy atom. The summed E-state index contributed by atoms with van der Waals surface area (Å²) in [5.41, 5.74) is 3.63. The molecule has 6 heteroatoms. The first-order chi connectivity index (χ1) is 13.0. The summed E-state index contributed by atoms with van der Waals surface area (Å²) < 4.78 is 1.81. The zero-order chi connectivity index (χ0) is 19.2. The molecule has 0 radical (unpaired) electrons. The SMILES string of the molecule is CC(=O)NC(C)C(=O)NCc1cn(-c2ccccc2)nc1-c1ccccc1. The van der Waals surface area contributed by atoms with Gasteiger partial charge in [-0.1, -0.05) is 48.5 Å². The van der Waals surface area contributed by atoms with Crippen LogP contribution in [0.1, 0.15) is 19.4 Å². The molecule has 3 aromatic rings. The topological polar surface area (TPSA) is 76.0 Å². The molecule has 3 rings (SSSR count). The van der Waals surface area contributed by atoms with Crippen molar-refractivity contribution in [1.82, 2.24) is 20.4 Å². The zero-order valence-corrected chi connectivity index (χ0v) is 15.3. The highest BCUT2D eigenvalue weighted by Gasteiger charge is 2.16. The molecule has 0 bridgehead atoms. The van der Waals surface area contributed by atoms with Crippen LogP contribution in [0, 0.1) is 0 Å². The molecule has 1 heterocycles. The van der Waals surface area contributed by atoms with Gasteiger partial charge in [-0.25, -0.2) is 4.68 Å². The van der Waals surface area contributed by atoms with E-state index in [1.807, 2.05) is 66.9 Å². The summed E-state index contributed by atoms with van der Waals surface area (Å²) in [4.78, 5) is 23.4. The average molecular weight is 362 g/mol. The predicted octanol–water partition coefficient (Wildman–Crippen LogP) is 2.68. The molecule has 0 fully saturated rings. The summed E-state index contributed by atoms with van der Waals surface area (Å²) >= 11 is 0. The molecule has 2 aromatic carbocycles. The molecule has 0 aliphatic rings. The summed E-state index contributed by atoms with van der Waals surface area (Å²) in [7, 11) is 0. The van der Waals surface area contributed by atoms with Gasteiger partial charge in [-0.2, -0.15) is 5.10 Å². The van der Waals surface area contributed by atoms with Crippen LogP contribution in [0.5, 0.6) is 0 Å². The summed E-state index contributed by atoms with van der Waals surface area (Å²) in [5.74, 6) is -0.476. The minimum Gasteiger partial charge on any atom is -0.350 e. The quantitative estimate of drug-likeness (QED) is 0.708. The monoisotopic (exact) mass is 362 g/mol. The summed E-state index contributed by atoms with van der Waals surface area (Å²) in [6.45, 7) is 3.36. The van der Waals surface area contributed by atoms with Gasteiger partial charge in [-0.15, -0.1) is 0 Å². The third-order valence-electron chi connectivity index (χ3n) is 4.12. The number of para-hydroxylation sites is 1. The molecule has 27 heavy (non-hydrogen) atoms. The fourth-order valence-electron chi connectivity index (χ4n) is 2.80. The standard InChI is InChI=1S/C21H22N4O2/c1-15(23-16(2)26)21(27)22-13-18-14-25(19-11-7-4-8-12-19)24-20(18)17-9-5-3-6-10-17/h3-12,14-15H,13H2,1-2H3,(H,22,27)(H,23,26). The van der Waals surface area contributed by atoms with Gasteiger partial charge >= 0.3 is 0 Å². The van der Waals surface area contributed by atoms with Gasteiger partial charge in [-0.3, -0.25) is 9.59 Å². The first-order valence-electron chi connectivity index (χ1n) is 8.79. The van der Waals surface area contributed by atoms with Crippen molar-refractivity contribution in [2.24, 2.45) is 0 Å². The molecule has 2 N–H and O–H groups in total. The van der Waals surface area contributed by atoms with Crippen molar-refractivity contribution >= 4 is 11.8 Å². The first-order valence-corrected chi connectivity index (χ1v) is 8.79. The molecule has 0 aliphatic heterocycles. The predicted molar refractivity (Wildman–Crippen MR) is 104 cm³/mol. The Bertz CT molecular complexity index is 920. The molecule has 0 aliphatic carbocycles. The van der Waals surface area contributed by atoms with Crippen LogP contribution in [-0.2, 0) is 16.1 Å². The van der Waals surface area contributed by atoms with Gasteiger partial charge in [0, 0.05) is 30.8 Å². The summed E-state index contributed by atoms with van der Waals surface area (Å²) in [6, 6.07) is 19.1. The number of hydrogen-bond donors (Lipinski definition) is 2. The van der Waals surface area contributed by atoms with E-state index in [9.17, 15) is 9.59 Å². The maximum Gasteiger partial charge on any atom is 0.242 e. The Kier molecular flexibility index (Phi) is 5.66. The van der Waals surface area contributed by atoms with Gasteiger partial charge in [0.15, 0.2) is 0 Å². The highest BCUT2D eigenvalue weighted by atomic mass is 16.2. The molecular weight excluding hydrogens is 340 g/mol. The van der Waals surface area contributed by atoms with Crippen molar-refractivity contribution < 1.29 is 9.59 Å². The Morgan fingerprint density at radius 3 is 2.30 bits per heavy atom. The van der Waals surface area contributed by atoms with Gasteiger partial charge < -0.3 is 10.6 Å². The fraction of sp³-hybridized carbons (Fsp3) is 0.190. The minimum atomic E-state index is -0.591. The van der Waals surface area contributed by atoms with Crippen molar-refractivity contribution in [2.45, 2.75) is 26.4 Å². The lowest BCUT2D eigenvalue weighted by Gasteiger charge is -2.12. The van der Waals surface area contributed by atoms with E-state index < -0.39 is 6.04 Å². The van der Waals surface area contributed by atoms with E-state index >= 15 is 0 Å². The molecule has 0 spiro atoms. The molecule has 1 atom stereocenters. The lowest BCUT2D eigenvalue weighted by Crippen LogP contribution is -2.43. The number of aromatic nitrogens is 2. The van der Waals surface area contributed by atoms with Crippen LogP contribution in [0.4, 0.5) is 0 Å². The van der Waals surface area contributed by atoms with E-state index in [4.69, 9.17) is 5.10 Å². The van der Waals surface area contributed by atoms with Crippen LogP contribution in [0.3, 0.4) is 0 Å². The van der Waals surface area contributed by atoms with Crippen molar-refractivity contribution in [3.8, 4) is 16.9 Å². The smallest absolute Gasteiger partial charge is 0.242 e. The maximum absolute atomic E-state index is 12.2.